The lowest BCUT2D eigenvalue weighted by Gasteiger charge is -2.12. The number of pyridine rings is 1. The molecule has 0 aliphatic rings. The highest BCUT2D eigenvalue weighted by atomic mass is 14.6. The molecule has 1 aromatic heterocycles. The van der Waals surface area contributed by atoms with Crippen LogP contribution < -0.4 is 5.73 Å². The third-order valence-electron chi connectivity index (χ3n) is 2.44. The Morgan fingerprint density at radius 3 is 2.40 bits per heavy atom. The maximum atomic E-state index is 5.94. The summed E-state index contributed by atoms with van der Waals surface area (Å²) in [7, 11) is 0. The maximum absolute atomic E-state index is 5.94. The molecule has 0 saturated heterocycles. The molecule has 0 aliphatic carbocycles. The molecule has 0 spiro atoms. The summed E-state index contributed by atoms with van der Waals surface area (Å²) in [6.45, 7) is 2.00. The molecule has 0 bridgehead atoms. The van der Waals surface area contributed by atoms with Crippen molar-refractivity contribution < 1.29 is 0 Å². The number of aromatic nitrogens is 1. The Balaban J connectivity index is 2.53. The highest BCUT2D eigenvalue weighted by molar-refractivity contribution is 5.67. The molecule has 76 valence electrons. The van der Waals surface area contributed by atoms with E-state index in [9.17, 15) is 0 Å². The average molecular weight is 198 g/mol. The monoisotopic (exact) mass is 198 g/mol. The first-order valence-electron chi connectivity index (χ1n) is 5.04. The lowest BCUT2D eigenvalue weighted by atomic mass is 9.97. The second-order valence-electron chi connectivity index (χ2n) is 3.61. The van der Waals surface area contributed by atoms with Gasteiger partial charge in [0.1, 0.15) is 0 Å². The summed E-state index contributed by atoms with van der Waals surface area (Å²) >= 11 is 0. The van der Waals surface area contributed by atoms with Gasteiger partial charge in [0.15, 0.2) is 0 Å². The molecule has 0 amide bonds. The molecule has 2 N–H and O–H groups in total. The summed E-state index contributed by atoms with van der Waals surface area (Å²) in [6, 6.07) is 12.3. The van der Waals surface area contributed by atoms with E-state index >= 15 is 0 Å². The normalized spacial score (nSPS) is 12.4. The summed E-state index contributed by atoms with van der Waals surface area (Å²) in [5.74, 6) is 0. The van der Waals surface area contributed by atoms with Gasteiger partial charge in [-0.25, -0.2) is 0 Å². The average Bonchev–Trinajstić information content (AvgIpc) is 2.30. The standard InChI is InChI=1S/C13H14N2/c1-10(14)12-4-2-3-5-13(12)11-6-8-15-9-7-11/h2-10H,14H2,1H3/t10-/m1/s1. The minimum Gasteiger partial charge on any atom is -0.324 e. The molecule has 0 fully saturated rings. The predicted molar refractivity (Wildman–Crippen MR) is 62.3 cm³/mol. The first-order chi connectivity index (χ1) is 7.29. The van der Waals surface area contributed by atoms with Crippen molar-refractivity contribution in [1.82, 2.24) is 4.98 Å². The number of benzene rings is 1. The zero-order valence-electron chi connectivity index (χ0n) is 8.72. The Morgan fingerprint density at radius 1 is 1.07 bits per heavy atom. The summed E-state index contributed by atoms with van der Waals surface area (Å²) in [5, 5.41) is 0. The van der Waals surface area contributed by atoms with Crippen molar-refractivity contribution in [2.45, 2.75) is 13.0 Å². The van der Waals surface area contributed by atoms with E-state index < -0.39 is 0 Å². The molecule has 0 unspecified atom stereocenters. The Morgan fingerprint density at radius 2 is 1.73 bits per heavy atom. The van der Waals surface area contributed by atoms with Crippen molar-refractivity contribution in [3.63, 3.8) is 0 Å². The van der Waals surface area contributed by atoms with Crippen LogP contribution in [-0.4, -0.2) is 4.98 Å². The fourth-order valence-corrected chi connectivity index (χ4v) is 1.69. The number of hydrogen-bond acceptors (Lipinski definition) is 2. The van der Waals surface area contributed by atoms with E-state index in [4.69, 9.17) is 5.73 Å². The van der Waals surface area contributed by atoms with Crippen molar-refractivity contribution >= 4 is 0 Å². The molecule has 2 rings (SSSR count). The zero-order valence-corrected chi connectivity index (χ0v) is 8.72. The van der Waals surface area contributed by atoms with Crippen molar-refractivity contribution in [3.05, 3.63) is 54.4 Å². The van der Waals surface area contributed by atoms with E-state index in [0.717, 1.165) is 5.56 Å². The highest BCUT2D eigenvalue weighted by Gasteiger charge is 2.06. The third kappa shape index (κ3) is 2.05. The van der Waals surface area contributed by atoms with E-state index in [2.05, 4.69) is 17.1 Å². The van der Waals surface area contributed by atoms with Crippen LogP contribution in [0.5, 0.6) is 0 Å². The van der Waals surface area contributed by atoms with Crippen LogP contribution in [-0.2, 0) is 0 Å². The Hall–Kier alpha value is -1.67. The topological polar surface area (TPSA) is 38.9 Å². The van der Waals surface area contributed by atoms with Gasteiger partial charge in [-0.3, -0.25) is 4.98 Å². The van der Waals surface area contributed by atoms with Crippen molar-refractivity contribution in [1.29, 1.82) is 0 Å². The van der Waals surface area contributed by atoms with Gasteiger partial charge in [-0.05, 0) is 35.7 Å². The Labute approximate surface area is 89.8 Å². The minimum absolute atomic E-state index is 0.0503. The maximum Gasteiger partial charge on any atom is 0.0273 e. The third-order valence-corrected chi connectivity index (χ3v) is 2.44. The van der Waals surface area contributed by atoms with Gasteiger partial charge in [0.2, 0.25) is 0 Å². The van der Waals surface area contributed by atoms with E-state index in [0.29, 0.717) is 0 Å². The molecule has 2 heteroatoms. The predicted octanol–water partition coefficient (Wildman–Crippen LogP) is 2.77. The molecular formula is C13H14N2. The van der Waals surface area contributed by atoms with Crippen molar-refractivity contribution in [3.8, 4) is 11.1 Å². The fraction of sp³-hybridized carbons (Fsp3) is 0.154. The number of nitrogens with zero attached hydrogens (tertiary/aromatic N) is 1. The molecule has 0 radical (unpaired) electrons. The largest absolute Gasteiger partial charge is 0.324 e. The molecule has 2 aromatic rings. The van der Waals surface area contributed by atoms with Crippen LogP contribution >= 0.6 is 0 Å². The number of nitrogens with two attached hydrogens (primary N) is 1. The lowest BCUT2D eigenvalue weighted by Crippen LogP contribution is -2.06. The van der Waals surface area contributed by atoms with Gasteiger partial charge in [0.05, 0.1) is 0 Å². The molecule has 2 nitrogen and oxygen atoms in total. The van der Waals surface area contributed by atoms with E-state index in [1.807, 2.05) is 31.2 Å². The lowest BCUT2D eigenvalue weighted by molar-refractivity contribution is 0.820. The van der Waals surface area contributed by atoms with Crippen LogP contribution in [0.4, 0.5) is 0 Å². The summed E-state index contributed by atoms with van der Waals surface area (Å²) in [6.07, 6.45) is 3.60. The molecule has 0 aliphatic heterocycles. The van der Waals surface area contributed by atoms with Crippen LogP contribution in [0.1, 0.15) is 18.5 Å². The van der Waals surface area contributed by atoms with Gasteiger partial charge in [-0.1, -0.05) is 24.3 Å². The second kappa shape index (κ2) is 4.24. The smallest absolute Gasteiger partial charge is 0.0273 e. The fourth-order valence-electron chi connectivity index (χ4n) is 1.69. The molecular weight excluding hydrogens is 184 g/mol. The van der Waals surface area contributed by atoms with Gasteiger partial charge < -0.3 is 5.73 Å². The van der Waals surface area contributed by atoms with E-state index in [1.54, 1.807) is 12.4 Å². The van der Waals surface area contributed by atoms with E-state index in [-0.39, 0.29) is 6.04 Å². The van der Waals surface area contributed by atoms with Crippen molar-refractivity contribution in [2.75, 3.05) is 0 Å². The van der Waals surface area contributed by atoms with Gasteiger partial charge >= 0.3 is 0 Å². The molecule has 0 saturated carbocycles. The highest BCUT2D eigenvalue weighted by Crippen LogP contribution is 2.26. The summed E-state index contributed by atoms with van der Waals surface area (Å²) in [4.78, 5) is 4.01. The van der Waals surface area contributed by atoms with Crippen molar-refractivity contribution in [2.24, 2.45) is 5.73 Å². The first kappa shape index (κ1) is 9.87. The zero-order chi connectivity index (χ0) is 10.7. The number of hydrogen-bond donors (Lipinski definition) is 1. The first-order valence-corrected chi connectivity index (χ1v) is 5.04. The van der Waals surface area contributed by atoms with E-state index in [1.165, 1.54) is 11.1 Å². The van der Waals surface area contributed by atoms with Crippen LogP contribution in [0.15, 0.2) is 48.8 Å². The van der Waals surface area contributed by atoms with Crippen LogP contribution in [0, 0.1) is 0 Å². The van der Waals surface area contributed by atoms with Gasteiger partial charge in [-0.15, -0.1) is 0 Å². The Kier molecular flexibility index (Phi) is 2.79. The minimum atomic E-state index is 0.0503. The summed E-state index contributed by atoms with van der Waals surface area (Å²) in [5.41, 5.74) is 9.46. The van der Waals surface area contributed by atoms with Crippen LogP contribution in [0.3, 0.4) is 0 Å². The molecule has 15 heavy (non-hydrogen) atoms. The molecule has 1 heterocycles. The summed E-state index contributed by atoms with van der Waals surface area (Å²) < 4.78 is 0. The molecule has 1 atom stereocenters. The number of rotatable bonds is 2. The quantitative estimate of drug-likeness (QED) is 0.805. The van der Waals surface area contributed by atoms with Crippen LogP contribution in [0.2, 0.25) is 0 Å². The Bertz CT molecular complexity index is 435. The van der Waals surface area contributed by atoms with Crippen LogP contribution in [0.25, 0.3) is 11.1 Å². The second-order valence-corrected chi connectivity index (χ2v) is 3.61. The van der Waals surface area contributed by atoms with Gasteiger partial charge in [0.25, 0.3) is 0 Å². The molecule has 1 aromatic carbocycles. The van der Waals surface area contributed by atoms with Gasteiger partial charge in [0, 0.05) is 18.4 Å². The SMILES string of the molecule is C[C@@H](N)c1ccccc1-c1ccncc1. The van der Waals surface area contributed by atoms with Gasteiger partial charge in [-0.2, -0.15) is 0 Å².